The highest BCUT2D eigenvalue weighted by Crippen LogP contribution is 2.57. The van der Waals surface area contributed by atoms with Crippen LogP contribution in [0.4, 0.5) is 51.2 Å². The average molecular weight is 1210 g/mol. The van der Waals surface area contributed by atoms with Crippen LogP contribution >= 0.6 is 0 Å². The van der Waals surface area contributed by atoms with E-state index in [-0.39, 0.29) is 33.8 Å². The van der Waals surface area contributed by atoms with Crippen molar-refractivity contribution in [3.05, 3.63) is 251 Å². The van der Waals surface area contributed by atoms with Crippen LogP contribution in [0.2, 0.25) is 0 Å². The molecular formula is C86H78BN3O3. The second-order valence-corrected chi connectivity index (χ2v) is 30.8. The van der Waals surface area contributed by atoms with Crippen molar-refractivity contribution in [1.82, 2.24) is 0 Å². The van der Waals surface area contributed by atoms with Crippen LogP contribution in [0.25, 0.3) is 55.3 Å². The largest absolute Gasteiger partial charge is 0.486 e. The summed E-state index contributed by atoms with van der Waals surface area (Å²) in [6, 6.07) is 81.1. The first-order valence-corrected chi connectivity index (χ1v) is 33.3. The molecule has 17 rings (SSSR count). The van der Waals surface area contributed by atoms with Crippen LogP contribution in [-0.4, -0.2) is 19.9 Å². The first kappa shape index (κ1) is 57.2. The topological polar surface area (TPSA) is 41.3 Å². The summed E-state index contributed by atoms with van der Waals surface area (Å²) in [4.78, 5) is 7.68. The lowest BCUT2D eigenvalue weighted by molar-refractivity contribution is 0.172. The Morgan fingerprint density at radius 3 is 1.57 bits per heavy atom. The van der Waals surface area contributed by atoms with E-state index in [0.29, 0.717) is 13.2 Å². The molecule has 0 spiro atoms. The molecule has 0 saturated heterocycles. The van der Waals surface area contributed by atoms with E-state index in [4.69, 9.17) is 13.9 Å². The van der Waals surface area contributed by atoms with Crippen LogP contribution in [0.1, 0.15) is 129 Å². The summed E-state index contributed by atoms with van der Waals surface area (Å²) in [6.45, 7) is 31.2. The molecule has 1 aromatic heterocycles. The summed E-state index contributed by atoms with van der Waals surface area (Å²) in [5.41, 5.74) is 28.9. The first-order valence-electron chi connectivity index (χ1n) is 33.3. The molecule has 11 aromatic carbocycles. The molecule has 0 atom stereocenters. The Hall–Kier alpha value is -9.72. The number of fused-ring (bicyclic) bond motifs is 14. The van der Waals surface area contributed by atoms with E-state index in [1.807, 2.05) is 6.07 Å². The molecule has 0 N–H and O–H groups in total. The number of hydrogen-bond acceptors (Lipinski definition) is 6. The van der Waals surface area contributed by atoms with Crippen LogP contribution < -0.4 is 40.6 Å². The van der Waals surface area contributed by atoms with E-state index in [1.54, 1.807) is 0 Å². The SMILES string of the molecule is CC(C)(C)c1ccc(N2c3ccc(C(C)(C)C)cc3B3c4cc5c(cc4N(c4ccc(C(C)(C)C)cc4)c4cc(N(c6ccc7c(c6)C(C)(C)c6cc(-c8cc9ccccc9o8)ccc6-7)c6ccc7c(c6)C(C)(C)c6ccc8ccccc8c6-7)cc2c43)OCCO5)cc1. The number of para-hydroxylation sites is 1. The second kappa shape index (κ2) is 19.9. The van der Waals surface area contributed by atoms with Gasteiger partial charge in [0.1, 0.15) is 24.6 Å². The fourth-order valence-corrected chi connectivity index (χ4v) is 16.1. The molecule has 7 heteroatoms. The van der Waals surface area contributed by atoms with Gasteiger partial charge in [-0.2, -0.15) is 0 Å². The third-order valence-corrected chi connectivity index (χ3v) is 21.3. The van der Waals surface area contributed by atoms with Crippen molar-refractivity contribution < 1.29 is 13.9 Å². The molecule has 2 aliphatic carbocycles. The highest BCUT2D eigenvalue weighted by Gasteiger charge is 2.47. The number of benzene rings is 11. The van der Waals surface area contributed by atoms with E-state index in [2.05, 4.69) is 311 Å². The third kappa shape index (κ3) is 8.74. The highest BCUT2D eigenvalue weighted by atomic mass is 16.6. The summed E-state index contributed by atoms with van der Waals surface area (Å²) >= 11 is 0. The van der Waals surface area contributed by atoms with Crippen molar-refractivity contribution in [2.75, 3.05) is 27.9 Å². The molecule has 0 fully saturated rings. The van der Waals surface area contributed by atoms with Crippen molar-refractivity contribution in [3.63, 3.8) is 0 Å². The van der Waals surface area contributed by atoms with Crippen molar-refractivity contribution in [3.8, 4) is 45.1 Å². The lowest BCUT2D eigenvalue weighted by Gasteiger charge is -2.45. The number of anilines is 9. The van der Waals surface area contributed by atoms with Crippen LogP contribution in [0, 0.1) is 0 Å². The number of nitrogens with zero attached hydrogens (tertiary/aromatic N) is 3. The lowest BCUT2D eigenvalue weighted by atomic mass is 9.33. The summed E-state index contributed by atoms with van der Waals surface area (Å²) in [6.07, 6.45) is 0. The normalized spacial score (nSPS) is 15.3. The van der Waals surface area contributed by atoms with Crippen LogP contribution in [0.5, 0.6) is 11.5 Å². The zero-order chi connectivity index (χ0) is 64.0. The summed E-state index contributed by atoms with van der Waals surface area (Å²) < 4.78 is 19.7. The van der Waals surface area contributed by atoms with Gasteiger partial charge in [0.05, 0.1) is 5.69 Å². The van der Waals surface area contributed by atoms with Crippen molar-refractivity contribution in [2.45, 2.75) is 117 Å². The molecule has 12 aromatic rings. The van der Waals surface area contributed by atoms with Gasteiger partial charge in [0.2, 0.25) is 0 Å². The van der Waals surface area contributed by atoms with E-state index in [1.165, 1.54) is 88.4 Å². The van der Waals surface area contributed by atoms with Crippen molar-refractivity contribution in [2.24, 2.45) is 0 Å². The van der Waals surface area contributed by atoms with E-state index in [0.717, 1.165) is 85.0 Å². The number of ether oxygens (including phenoxy) is 2. The van der Waals surface area contributed by atoms with Gasteiger partial charge in [0, 0.05) is 73.3 Å². The molecule has 5 aliphatic rings. The van der Waals surface area contributed by atoms with Gasteiger partial charge in [-0.05, 0) is 196 Å². The molecule has 4 heterocycles. The summed E-state index contributed by atoms with van der Waals surface area (Å²) in [7, 11) is 0. The van der Waals surface area contributed by atoms with Gasteiger partial charge in [0.25, 0.3) is 6.71 Å². The molecule has 0 unspecified atom stereocenters. The minimum absolute atomic E-state index is 0.0379. The maximum absolute atomic E-state index is 6.60. The second-order valence-electron chi connectivity index (χ2n) is 30.8. The van der Waals surface area contributed by atoms with Gasteiger partial charge in [-0.15, -0.1) is 0 Å². The fourth-order valence-electron chi connectivity index (χ4n) is 16.1. The Morgan fingerprint density at radius 1 is 0.409 bits per heavy atom. The molecule has 458 valence electrons. The van der Waals surface area contributed by atoms with Gasteiger partial charge in [-0.25, -0.2) is 0 Å². The van der Waals surface area contributed by atoms with Crippen LogP contribution in [0.3, 0.4) is 0 Å². The smallest absolute Gasteiger partial charge is 0.252 e. The zero-order valence-corrected chi connectivity index (χ0v) is 55.8. The minimum atomic E-state index is -0.359. The lowest BCUT2D eigenvalue weighted by Crippen LogP contribution is -2.61. The maximum atomic E-state index is 6.60. The Bertz CT molecular complexity index is 5090. The number of hydrogen-bond donors (Lipinski definition) is 0. The molecule has 6 nitrogen and oxygen atoms in total. The zero-order valence-electron chi connectivity index (χ0n) is 55.8. The Kier molecular flexibility index (Phi) is 12.2. The molecule has 0 saturated carbocycles. The molecule has 0 bridgehead atoms. The number of furan rings is 1. The van der Waals surface area contributed by atoms with Crippen molar-refractivity contribution >= 4 is 96.0 Å². The quantitative estimate of drug-likeness (QED) is 0.155. The average Bonchev–Trinajstić information content (AvgIpc) is 1.41. The summed E-state index contributed by atoms with van der Waals surface area (Å²) in [5.74, 6) is 2.43. The van der Waals surface area contributed by atoms with Crippen molar-refractivity contribution in [1.29, 1.82) is 0 Å². The minimum Gasteiger partial charge on any atom is -0.486 e. The first-order chi connectivity index (χ1) is 44.5. The Balaban J connectivity index is 0.949. The van der Waals surface area contributed by atoms with Gasteiger partial charge in [-0.3, -0.25) is 0 Å². The van der Waals surface area contributed by atoms with Gasteiger partial charge in [-0.1, -0.05) is 205 Å². The van der Waals surface area contributed by atoms with Gasteiger partial charge < -0.3 is 28.6 Å². The van der Waals surface area contributed by atoms with E-state index < -0.39 is 0 Å². The molecule has 93 heavy (non-hydrogen) atoms. The predicted molar refractivity (Wildman–Crippen MR) is 390 cm³/mol. The molecule has 0 radical (unpaired) electrons. The molecule has 3 aliphatic heterocycles. The van der Waals surface area contributed by atoms with Gasteiger partial charge in [0.15, 0.2) is 11.5 Å². The van der Waals surface area contributed by atoms with Crippen LogP contribution in [0.15, 0.2) is 217 Å². The van der Waals surface area contributed by atoms with Crippen LogP contribution in [-0.2, 0) is 27.1 Å². The van der Waals surface area contributed by atoms with E-state index >= 15 is 0 Å². The Labute approximate surface area is 548 Å². The fraction of sp³-hybridized carbons (Fsp3) is 0.233. The maximum Gasteiger partial charge on any atom is 0.252 e. The Morgan fingerprint density at radius 2 is 0.935 bits per heavy atom. The molecule has 0 amide bonds. The number of rotatable bonds is 6. The van der Waals surface area contributed by atoms with E-state index in [9.17, 15) is 0 Å². The van der Waals surface area contributed by atoms with Gasteiger partial charge >= 0.3 is 0 Å². The standard InChI is InChI=1S/C86H78BN3O3/c1-82(2,3)54-24-29-57(30-25-54)89-72-39-28-56(84(7,8)9)44-70(72)87-71-49-78-79(92-41-40-91-78)50-73(71)90(58-31-26-55(27-32-58)83(4,5)6)75-48-61(47-74(89)81(75)87)88(60-34-37-65-69(46-60)85(10,11)66-38-23-51-18-14-16-20-62(51)80(65)66)59-33-36-64-63-35-22-53(42-67(63)86(12,13)68(64)45-59)77-43-52-19-15-17-21-76(52)93-77/h14-39,42-50H,40-41H2,1-13H3. The predicted octanol–water partition coefficient (Wildman–Crippen LogP) is 21.1. The monoisotopic (exact) mass is 1210 g/mol. The highest BCUT2D eigenvalue weighted by molar-refractivity contribution is 7.00. The molecular weight excluding hydrogens is 1130 g/mol. The summed E-state index contributed by atoms with van der Waals surface area (Å²) in [5, 5.41) is 3.65. The third-order valence-electron chi connectivity index (χ3n) is 21.3.